The number of sulfonamides is 1. The Balaban J connectivity index is 2.24. The molecule has 1 aromatic rings. The van der Waals surface area contributed by atoms with E-state index in [0.29, 0.717) is 0 Å². The van der Waals surface area contributed by atoms with E-state index in [4.69, 9.17) is 14.6 Å². The molecular weight excluding hydrogens is 268 g/mol. The number of nitrogens with two attached hydrogens (primary N) is 1. The fourth-order valence-electron chi connectivity index (χ4n) is 1.08. The highest BCUT2D eigenvalue weighted by atomic mass is 32.2. The van der Waals surface area contributed by atoms with E-state index in [1.54, 1.807) is 0 Å². The molecule has 0 aliphatic carbocycles. The van der Waals surface area contributed by atoms with E-state index in [-0.39, 0.29) is 31.3 Å². The predicted octanol–water partition coefficient (Wildman–Crippen LogP) is 0.649. The average molecular weight is 281 g/mol. The molecule has 102 valence electrons. The Bertz CT molecular complexity index is 493. The van der Waals surface area contributed by atoms with Crippen LogP contribution in [0.15, 0.2) is 18.2 Å². The second-order valence-corrected chi connectivity index (χ2v) is 5.14. The van der Waals surface area contributed by atoms with Crippen molar-refractivity contribution in [1.29, 1.82) is 0 Å². The maximum Gasteiger partial charge on any atom is 0.211 e. The molecule has 0 aliphatic rings. The molecule has 0 amide bonds. The van der Waals surface area contributed by atoms with Crippen molar-refractivity contribution in [3.63, 3.8) is 0 Å². The second kappa shape index (κ2) is 6.62. The molecule has 0 radical (unpaired) electrons. The number of ether oxygens (including phenoxy) is 2. The third kappa shape index (κ3) is 5.89. The summed E-state index contributed by atoms with van der Waals surface area (Å²) in [5.74, 6) is -1.81. The van der Waals surface area contributed by atoms with Crippen molar-refractivity contribution in [3.8, 4) is 5.75 Å². The summed E-state index contributed by atoms with van der Waals surface area (Å²) in [5.41, 5.74) is 0. The first-order valence-corrected chi connectivity index (χ1v) is 6.76. The maximum absolute atomic E-state index is 13.1. The minimum Gasteiger partial charge on any atom is -0.488 e. The van der Waals surface area contributed by atoms with Gasteiger partial charge in [0.05, 0.1) is 19.0 Å². The van der Waals surface area contributed by atoms with Crippen LogP contribution in [0.5, 0.6) is 5.75 Å². The van der Waals surface area contributed by atoms with E-state index in [0.717, 1.165) is 18.2 Å². The zero-order valence-electron chi connectivity index (χ0n) is 9.43. The summed E-state index contributed by atoms with van der Waals surface area (Å²) in [5, 5.41) is 4.75. The fraction of sp³-hybridized carbons (Fsp3) is 0.400. The van der Waals surface area contributed by atoms with Crippen LogP contribution >= 0.6 is 0 Å². The summed E-state index contributed by atoms with van der Waals surface area (Å²) in [6.45, 7) is -0.0513. The Morgan fingerprint density at radius 2 is 1.89 bits per heavy atom. The maximum atomic E-state index is 13.1. The van der Waals surface area contributed by atoms with Crippen molar-refractivity contribution in [3.05, 3.63) is 29.8 Å². The average Bonchev–Trinajstić information content (AvgIpc) is 2.26. The smallest absolute Gasteiger partial charge is 0.211 e. The van der Waals surface area contributed by atoms with Crippen LogP contribution in [0.2, 0.25) is 0 Å². The molecule has 0 heterocycles. The van der Waals surface area contributed by atoms with Crippen LogP contribution in [0, 0.1) is 11.6 Å². The second-order valence-electron chi connectivity index (χ2n) is 3.40. The molecule has 0 aromatic heterocycles. The molecule has 1 rings (SSSR count). The lowest BCUT2D eigenvalue weighted by Gasteiger charge is -2.07. The van der Waals surface area contributed by atoms with Gasteiger partial charge in [0.2, 0.25) is 10.0 Å². The van der Waals surface area contributed by atoms with Gasteiger partial charge in [0.1, 0.15) is 12.4 Å². The molecule has 0 saturated carbocycles. The lowest BCUT2D eigenvalue weighted by Crippen LogP contribution is -2.21. The Morgan fingerprint density at radius 3 is 2.56 bits per heavy atom. The van der Waals surface area contributed by atoms with Crippen molar-refractivity contribution in [1.82, 2.24) is 0 Å². The molecule has 0 aliphatic heterocycles. The number of benzene rings is 1. The molecule has 5 nitrogen and oxygen atoms in total. The lowest BCUT2D eigenvalue weighted by atomic mass is 10.3. The van der Waals surface area contributed by atoms with Gasteiger partial charge >= 0.3 is 0 Å². The zero-order chi connectivity index (χ0) is 13.6. The molecule has 0 bridgehead atoms. The molecule has 0 fully saturated rings. The molecule has 0 unspecified atom stereocenters. The first-order chi connectivity index (χ1) is 8.38. The van der Waals surface area contributed by atoms with Gasteiger partial charge in [0.15, 0.2) is 11.6 Å². The van der Waals surface area contributed by atoms with Gasteiger partial charge in [0.25, 0.3) is 0 Å². The SMILES string of the molecule is NS(=O)(=O)CCOCCOc1cc(F)ccc1F. The van der Waals surface area contributed by atoms with E-state index >= 15 is 0 Å². The molecule has 8 heteroatoms. The van der Waals surface area contributed by atoms with Gasteiger partial charge in [-0.2, -0.15) is 0 Å². The van der Waals surface area contributed by atoms with Crippen LogP contribution in [0.3, 0.4) is 0 Å². The van der Waals surface area contributed by atoms with Crippen LogP contribution in [0.4, 0.5) is 8.78 Å². The Hall–Kier alpha value is -1.25. The summed E-state index contributed by atoms with van der Waals surface area (Å²) >= 11 is 0. The Morgan fingerprint density at radius 1 is 1.17 bits per heavy atom. The van der Waals surface area contributed by atoms with Crippen LogP contribution in [-0.2, 0) is 14.8 Å². The number of rotatable bonds is 7. The van der Waals surface area contributed by atoms with Gasteiger partial charge < -0.3 is 9.47 Å². The van der Waals surface area contributed by atoms with Crippen LogP contribution in [-0.4, -0.2) is 34.0 Å². The molecule has 0 spiro atoms. The van der Waals surface area contributed by atoms with Gasteiger partial charge in [-0.3, -0.25) is 0 Å². The molecule has 18 heavy (non-hydrogen) atoms. The van der Waals surface area contributed by atoms with E-state index < -0.39 is 21.7 Å². The first kappa shape index (κ1) is 14.8. The largest absolute Gasteiger partial charge is 0.488 e. The summed E-state index contributed by atoms with van der Waals surface area (Å²) in [6, 6.07) is 2.84. The number of hydrogen-bond donors (Lipinski definition) is 1. The monoisotopic (exact) mass is 281 g/mol. The van der Waals surface area contributed by atoms with Gasteiger partial charge in [-0.1, -0.05) is 0 Å². The number of primary sulfonamides is 1. The fourth-order valence-corrected chi connectivity index (χ4v) is 1.43. The van der Waals surface area contributed by atoms with Crippen molar-refractivity contribution in [2.45, 2.75) is 0 Å². The van der Waals surface area contributed by atoms with Crippen molar-refractivity contribution < 1.29 is 26.7 Å². The topological polar surface area (TPSA) is 78.6 Å². The van der Waals surface area contributed by atoms with E-state index in [1.807, 2.05) is 0 Å². The molecule has 0 saturated heterocycles. The Labute approximate surface area is 104 Å². The molecule has 1 aromatic carbocycles. The lowest BCUT2D eigenvalue weighted by molar-refractivity contribution is 0.109. The van der Waals surface area contributed by atoms with Crippen LogP contribution in [0.1, 0.15) is 0 Å². The first-order valence-electron chi connectivity index (χ1n) is 5.04. The minimum absolute atomic E-state index is 0.0228. The quantitative estimate of drug-likeness (QED) is 0.744. The van der Waals surface area contributed by atoms with Crippen molar-refractivity contribution in [2.24, 2.45) is 5.14 Å². The third-order valence-corrected chi connectivity index (χ3v) is 2.63. The van der Waals surface area contributed by atoms with Gasteiger partial charge in [-0.15, -0.1) is 0 Å². The molecule has 2 N–H and O–H groups in total. The molecular formula is C10H13F2NO4S. The summed E-state index contributed by atoms with van der Waals surface area (Å²) in [4.78, 5) is 0. The third-order valence-electron chi connectivity index (χ3n) is 1.89. The normalized spacial score (nSPS) is 11.5. The highest BCUT2D eigenvalue weighted by molar-refractivity contribution is 7.89. The molecule has 0 atom stereocenters. The van der Waals surface area contributed by atoms with Crippen LogP contribution < -0.4 is 9.88 Å². The summed E-state index contributed by atoms with van der Waals surface area (Å²) < 4.78 is 56.7. The highest BCUT2D eigenvalue weighted by Crippen LogP contribution is 2.17. The van der Waals surface area contributed by atoms with E-state index in [1.165, 1.54) is 0 Å². The van der Waals surface area contributed by atoms with Crippen molar-refractivity contribution in [2.75, 3.05) is 25.6 Å². The number of hydrogen-bond acceptors (Lipinski definition) is 4. The van der Waals surface area contributed by atoms with E-state index in [2.05, 4.69) is 0 Å². The van der Waals surface area contributed by atoms with Gasteiger partial charge in [0, 0.05) is 6.07 Å². The standard InChI is InChI=1S/C10H13F2NO4S/c11-8-1-2-9(12)10(7-8)17-4-3-16-5-6-18(13,14)15/h1-2,7H,3-6H2,(H2,13,14,15). The number of halogens is 2. The summed E-state index contributed by atoms with van der Waals surface area (Å²) in [6.07, 6.45) is 0. The minimum atomic E-state index is -3.55. The van der Waals surface area contributed by atoms with E-state index in [9.17, 15) is 17.2 Å². The summed E-state index contributed by atoms with van der Waals surface area (Å²) in [7, 11) is -3.55. The van der Waals surface area contributed by atoms with Gasteiger partial charge in [-0.05, 0) is 12.1 Å². The van der Waals surface area contributed by atoms with Gasteiger partial charge in [-0.25, -0.2) is 22.3 Å². The Kier molecular flexibility index (Phi) is 5.45. The van der Waals surface area contributed by atoms with Crippen LogP contribution in [0.25, 0.3) is 0 Å². The van der Waals surface area contributed by atoms with Crippen molar-refractivity contribution >= 4 is 10.0 Å². The predicted molar refractivity (Wildman–Crippen MR) is 60.6 cm³/mol. The highest BCUT2D eigenvalue weighted by Gasteiger charge is 2.05. The zero-order valence-corrected chi connectivity index (χ0v) is 10.3.